The van der Waals surface area contributed by atoms with Crippen LogP contribution in [0.3, 0.4) is 0 Å². The van der Waals surface area contributed by atoms with Crippen molar-refractivity contribution in [3.05, 3.63) is 138 Å². The quantitative estimate of drug-likeness (QED) is 0.0422. The summed E-state index contributed by atoms with van der Waals surface area (Å²) in [5.41, 5.74) is 15.8. The molecule has 6 aromatic rings. The van der Waals surface area contributed by atoms with E-state index in [1.54, 1.807) is 0 Å². The summed E-state index contributed by atoms with van der Waals surface area (Å²) in [6, 6.07) is 29.0. The van der Waals surface area contributed by atoms with Crippen LogP contribution in [0.2, 0.25) is 10.0 Å². The number of benzene rings is 4. The van der Waals surface area contributed by atoms with Gasteiger partial charge in [-0.15, -0.1) is 0 Å². The van der Waals surface area contributed by atoms with Gasteiger partial charge in [0.05, 0.1) is 32.6 Å². The lowest BCUT2D eigenvalue weighted by molar-refractivity contribution is -0.870. The molecule has 0 atom stereocenters. The number of hydrogen-bond acceptors (Lipinski definition) is 5. The van der Waals surface area contributed by atoms with E-state index in [1.807, 2.05) is 64.3 Å². The van der Waals surface area contributed by atoms with Crippen LogP contribution in [0, 0.1) is 0 Å². The molecule has 13 heteroatoms. The van der Waals surface area contributed by atoms with Crippen molar-refractivity contribution in [3.8, 4) is 0 Å². The lowest BCUT2D eigenvalue weighted by Gasteiger charge is -2.22. The number of hydrogen-bond donors (Lipinski definition) is 2. The Balaban J connectivity index is 0.000000224. The van der Waals surface area contributed by atoms with Crippen LogP contribution < -0.4 is 24.0 Å². The second-order valence-electron chi connectivity index (χ2n) is 16.3. The summed E-state index contributed by atoms with van der Waals surface area (Å²) in [6.45, 7) is 6.91. The molecule has 2 aliphatic carbocycles. The average Bonchev–Trinajstić information content (AvgIpc) is 3.96. The highest BCUT2D eigenvalue weighted by Gasteiger charge is 2.28. The molecule has 2 heterocycles. The Morgan fingerprint density at radius 1 is 0.672 bits per heavy atom. The zero-order valence-corrected chi connectivity index (χ0v) is 41.7. The number of aromatic amines is 2. The summed E-state index contributed by atoms with van der Waals surface area (Å²) in [7, 11) is 10.5. The molecule has 0 saturated heterocycles. The molecule has 0 bridgehead atoms. The molecule has 0 fully saturated rings. The minimum atomic E-state index is 0. The first-order chi connectivity index (χ1) is 28.1. The first-order valence-corrected chi connectivity index (χ1v) is 21.9. The monoisotopic (exact) mass is 1100 g/mol. The van der Waals surface area contributed by atoms with E-state index in [9.17, 15) is 0 Å². The SMILES string of the molecule is C.CC(=NOCCN(C)C)C1=C(c2cc3cc(Cl)ccc3[nH]2)Cc2cc(Br)ccc21.CC(=NOCC[N+](C)(C)C)C1=C(c2cc3cc(Cl)ccc3[nH]2)Cc2cc(Br)ccc21.[I-]. The smallest absolute Gasteiger partial charge is 0.165 e. The van der Waals surface area contributed by atoms with Crippen LogP contribution >= 0.6 is 55.1 Å². The van der Waals surface area contributed by atoms with Gasteiger partial charge in [0.15, 0.2) is 6.61 Å². The van der Waals surface area contributed by atoms with E-state index < -0.39 is 0 Å². The molecule has 8 rings (SSSR count). The van der Waals surface area contributed by atoms with E-state index in [4.69, 9.17) is 32.9 Å². The number of likely N-dealkylation sites (N-methyl/N-ethyl adjacent to an activating group) is 2. The van der Waals surface area contributed by atoms with E-state index in [1.165, 1.54) is 33.4 Å². The highest BCUT2D eigenvalue weighted by molar-refractivity contribution is 9.10. The van der Waals surface area contributed by atoms with Gasteiger partial charge in [0, 0.05) is 82.7 Å². The second kappa shape index (κ2) is 20.8. The van der Waals surface area contributed by atoms with Crippen LogP contribution in [0.5, 0.6) is 0 Å². The highest BCUT2D eigenvalue weighted by Crippen LogP contribution is 2.42. The van der Waals surface area contributed by atoms with Crippen molar-refractivity contribution in [1.29, 1.82) is 0 Å². The number of allylic oxidation sites excluding steroid dienone is 4. The normalized spacial score (nSPS) is 13.9. The molecule has 2 aromatic heterocycles. The van der Waals surface area contributed by atoms with Crippen LogP contribution in [-0.4, -0.2) is 92.3 Å². The van der Waals surface area contributed by atoms with Crippen molar-refractivity contribution in [2.24, 2.45) is 10.3 Å². The molecule has 0 aliphatic heterocycles. The van der Waals surface area contributed by atoms with Crippen molar-refractivity contribution < 1.29 is 38.1 Å². The van der Waals surface area contributed by atoms with Crippen molar-refractivity contribution in [3.63, 3.8) is 0 Å². The molecule has 0 amide bonds. The fourth-order valence-corrected chi connectivity index (χ4v) is 8.70. The van der Waals surface area contributed by atoms with Gasteiger partial charge >= 0.3 is 0 Å². The number of nitrogens with zero attached hydrogens (tertiary/aromatic N) is 4. The predicted molar refractivity (Wildman–Crippen MR) is 262 cm³/mol. The van der Waals surface area contributed by atoms with E-state index in [-0.39, 0.29) is 31.4 Å². The Hall–Kier alpha value is -3.43. The van der Waals surface area contributed by atoms with Gasteiger partial charge in [-0.2, -0.15) is 0 Å². The molecule has 2 N–H and O–H groups in total. The third kappa shape index (κ3) is 11.8. The van der Waals surface area contributed by atoms with Crippen LogP contribution in [0.15, 0.2) is 104 Å². The number of oxime groups is 2. The van der Waals surface area contributed by atoms with Gasteiger partial charge in [0.2, 0.25) is 0 Å². The fourth-order valence-electron chi connectivity index (χ4n) is 7.52. The topological polar surface area (TPSA) is 78.0 Å². The summed E-state index contributed by atoms with van der Waals surface area (Å²) < 4.78 is 3.01. The predicted octanol–water partition coefficient (Wildman–Crippen LogP) is 9.79. The van der Waals surface area contributed by atoms with Gasteiger partial charge in [0.1, 0.15) is 13.2 Å². The zero-order chi connectivity index (χ0) is 42.0. The number of rotatable bonds is 12. The molecule has 2 aliphatic rings. The van der Waals surface area contributed by atoms with Gasteiger partial charge in [-0.05, 0) is 134 Å². The summed E-state index contributed by atoms with van der Waals surface area (Å²) in [5.74, 6) is 0. The van der Waals surface area contributed by atoms with Crippen LogP contribution in [-0.2, 0) is 22.5 Å². The summed E-state index contributed by atoms with van der Waals surface area (Å²) in [6.07, 6.45) is 1.69. The fraction of sp³-hybridized carbons (Fsp3) is 0.292. The molecular weight excluding hydrogens is 1050 g/mol. The first kappa shape index (κ1) is 48.6. The molecule has 0 saturated carbocycles. The zero-order valence-electron chi connectivity index (χ0n) is 34.8. The van der Waals surface area contributed by atoms with Crippen molar-refractivity contribution in [2.75, 3.05) is 61.5 Å². The maximum atomic E-state index is 6.19. The number of quaternary nitrogens is 1. The molecule has 61 heavy (non-hydrogen) atoms. The van der Waals surface area contributed by atoms with Gasteiger partial charge < -0.3 is 53.0 Å². The van der Waals surface area contributed by atoms with Crippen molar-refractivity contribution in [2.45, 2.75) is 34.1 Å². The van der Waals surface area contributed by atoms with Crippen LogP contribution in [0.1, 0.15) is 54.9 Å². The summed E-state index contributed by atoms with van der Waals surface area (Å²) in [5, 5.41) is 12.6. The number of halogens is 5. The highest BCUT2D eigenvalue weighted by atomic mass is 127. The lowest BCUT2D eigenvalue weighted by Crippen LogP contribution is -3.00. The number of aromatic nitrogens is 2. The third-order valence-electron chi connectivity index (χ3n) is 10.4. The van der Waals surface area contributed by atoms with Gasteiger partial charge in [-0.3, -0.25) is 0 Å². The maximum Gasteiger partial charge on any atom is 0.165 e. The Labute approximate surface area is 403 Å². The number of fused-ring (bicyclic) bond motifs is 4. The lowest BCUT2D eigenvalue weighted by atomic mass is 10.0. The molecule has 322 valence electrons. The third-order valence-corrected chi connectivity index (χ3v) is 11.9. The van der Waals surface area contributed by atoms with Crippen LogP contribution in [0.4, 0.5) is 0 Å². The Kier molecular flexibility index (Phi) is 16.6. The Morgan fingerprint density at radius 3 is 1.54 bits per heavy atom. The van der Waals surface area contributed by atoms with Crippen molar-refractivity contribution in [1.82, 2.24) is 14.9 Å². The van der Waals surface area contributed by atoms with Crippen LogP contribution in [0.25, 0.3) is 44.1 Å². The van der Waals surface area contributed by atoms with Crippen molar-refractivity contribution >= 4 is 111 Å². The molecule has 8 nitrogen and oxygen atoms in total. The van der Waals surface area contributed by atoms with Gasteiger partial charge in [-0.1, -0.05) is 84.9 Å². The van der Waals surface area contributed by atoms with E-state index in [2.05, 4.69) is 127 Å². The average molecular weight is 1100 g/mol. The minimum Gasteiger partial charge on any atom is -1.00 e. The molecular formula is C48H53Br2Cl2IN6O2. The minimum absolute atomic E-state index is 0. The maximum absolute atomic E-state index is 6.19. The molecule has 4 aromatic carbocycles. The Bertz CT molecular complexity index is 2670. The molecule has 0 radical (unpaired) electrons. The first-order valence-electron chi connectivity index (χ1n) is 19.5. The summed E-state index contributed by atoms with van der Waals surface area (Å²) in [4.78, 5) is 20.5. The van der Waals surface area contributed by atoms with Gasteiger partial charge in [-0.25, -0.2) is 0 Å². The summed E-state index contributed by atoms with van der Waals surface area (Å²) >= 11 is 19.6. The standard InChI is InChI=1S/C24H26BrClN3O.C23H23BrClN3O.CH4.HI/c1-15(28-30-10-9-29(2,3)4)24-20-7-5-18(25)11-16(20)13-21(24)23-14-17-12-19(26)6-8-22(17)27-23;1-14(27-29-9-8-28(2)3)23-19-6-4-17(24)10-15(19)12-20(23)22-13-16-11-18(25)5-7-21(16)26-22;;/h5-8,11-12,14,27H,9-10,13H2,1-4H3;4-7,10-11,13,26H,8-9,12H2,1-3H3;1H4;1H/q+1;;;/p-1. The largest absolute Gasteiger partial charge is 1.00 e. The Morgan fingerprint density at radius 2 is 1.11 bits per heavy atom. The second-order valence-corrected chi connectivity index (χ2v) is 19.0. The van der Waals surface area contributed by atoms with E-state index in [0.717, 1.165) is 105 Å². The number of nitrogens with one attached hydrogen (secondary N) is 2. The molecule has 0 spiro atoms. The molecule has 0 unspecified atom stereocenters. The number of H-pyrrole nitrogens is 2. The van der Waals surface area contributed by atoms with E-state index in [0.29, 0.717) is 13.2 Å². The van der Waals surface area contributed by atoms with E-state index >= 15 is 0 Å². The van der Waals surface area contributed by atoms with Gasteiger partial charge in [0.25, 0.3) is 0 Å².